The minimum Gasteiger partial charge on any atom is -0.497 e. The zero-order valence-corrected chi connectivity index (χ0v) is 20.9. The maximum absolute atomic E-state index is 13.7. The van der Waals surface area contributed by atoms with E-state index >= 15 is 0 Å². The Balaban J connectivity index is 1.75. The zero-order chi connectivity index (χ0) is 25.8. The number of nitrogens with zero attached hydrogens (tertiary/aromatic N) is 3. The van der Waals surface area contributed by atoms with Crippen LogP contribution in [0.15, 0.2) is 59.5 Å². The third-order valence-electron chi connectivity index (χ3n) is 5.73. The van der Waals surface area contributed by atoms with Crippen LogP contribution in [-0.4, -0.2) is 47.0 Å². The number of halogens is 1. The maximum Gasteiger partial charge on any atom is 0.264 e. The molecule has 0 radical (unpaired) electrons. The van der Waals surface area contributed by atoms with Crippen molar-refractivity contribution in [1.29, 1.82) is 0 Å². The van der Waals surface area contributed by atoms with Gasteiger partial charge in [0.15, 0.2) is 0 Å². The second-order valence-corrected chi connectivity index (χ2v) is 9.22. The lowest BCUT2D eigenvalue weighted by molar-refractivity contribution is -0.120. The van der Waals surface area contributed by atoms with Crippen LogP contribution in [0.3, 0.4) is 0 Å². The van der Waals surface area contributed by atoms with Gasteiger partial charge in [0.2, 0.25) is 17.4 Å². The first-order valence-electron chi connectivity index (χ1n) is 11.2. The molecule has 0 unspecified atom stereocenters. The standard InChI is InChI=1S/C26H25FN4O4S/c1-28-23(32)9-10-31(15-18-5-4-6-22(27)29-18)26(34)21-12-17-11-19(35-3)13-20(25(17)36-21)16-7-8-24(33)30(2)14-16/h4-8,11-14H,9-10,15H2,1-3H3,(H,28,32). The number of carbonyl (C=O) groups excluding carboxylic acids is 2. The summed E-state index contributed by atoms with van der Waals surface area (Å²) in [6, 6.07) is 13.1. The van der Waals surface area contributed by atoms with Crippen LogP contribution in [-0.2, 0) is 18.4 Å². The minimum absolute atomic E-state index is 0.0544. The van der Waals surface area contributed by atoms with Crippen molar-refractivity contribution in [1.82, 2.24) is 19.8 Å². The number of hydrogen-bond donors (Lipinski definition) is 1. The van der Waals surface area contributed by atoms with Gasteiger partial charge in [0.05, 0.1) is 24.2 Å². The Kier molecular flexibility index (Phi) is 7.44. The van der Waals surface area contributed by atoms with Crippen LogP contribution < -0.4 is 15.6 Å². The van der Waals surface area contributed by atoms with Crippen molar-refractivity contribution in [2.45, 2.75) is 13.0 Å². The monoisotopic (exact) mass is 508 g/mol. The normalized spacial score (nSPS) is 10.9. The molecule has 0 aliphatic rings. The molecule has 0 atom stereocenters. The van der Waals surface area contributed by atoms with Gasteiger partial charge in [0.1, 0.15) is 5.75 Å². The van der Waals surface area contributed by atoms with Gasteiger partial charge < -0.3 is 19.5 Å². The molecule has 1 N–H and O–H groups in total. The Bertz CT molecular complexity index is 1500. The average molecular weight is 509 g/mol. The minimum atomic E-state index is -0.637. The van der Waals surface area contributed by atoms with Gasteiger partial charge in [0, 0.05) is 49.6 Å². The molecule has 0 saturated carbocycles. The number of benzene rings is 1. The van der Waals surface area contributed by atoms with Crippen molar-refractivity contribution in [3.63, 3.8) is 0 Å². The molecule has 186 valence electrons. The number of rotatable bonds is 8. The van der Waals surface area contributed by atoms with Crippen molar-refractivity contribution < 1.29 is 18.7 Å². The van der Waals surface area contributed by atoms with Crippen LogP contribution in [0.25, 0.3) is 21.2 Å². The van der Waals surface area contributed by atoms with Crippen LogP contribution in [0.4, 0.5) is 4.39 Å². The van der Waals surface area contributed by atoms with Crippen LogP contribution >= 0.6 is 11.3 Å². The van der Waals surface area contributed by atoms with Gasteiger partial charge in [-0.1, -0.05) is 6.07 Å². The van der Waals surface area contributed by atoms with Crippen LogP contribution in [0, 0.1) is 5.95 Å². The molecule has 0 bridgehead atoms. The van der Waals surface area contributed by atoms with Crippen molar-refractivity contribution in [3.8, 4) is 16.9 Å². The van der Waals surface area contributed by atoms with E-state index in [9.17, 15) is 18.8 Å². The van der Waals surface area contributed by atoms with E-state index in [0.29, 0.717) is 16.3 Å². The van der Waals surface area contributed by atoms with Gasteiger partial charge >= 0.3 is 0 Å². The molecule has 0 fully saturated rings. The van der Waals surface area contributed by atoms with Gasteiger partial charge in [-0.2, -0.15) is 4.39 Å². The predicted octanol–water partition coefficient (Wildman–Crippen LogP) is 3.59. The molecule has 0 aliphatic carbocycles. The summed E-state index contributed by atoms with van der Waals surface area (Å²) in [5.74, 6) is -0.528. The summed E-state index contributed by atoms with van der Waals surface area (Å²) in [5.41, 5.74) is 1.89. The molecule has 0 spiro atoms. The van der Waals surface area contributed by atoms with E-state index in [2.05, 4.69) is 10.3 Å². The molecule has 0 saturated heterocycles. The van der Waals surface area contributed by atoms with Gasteiger partial charge in [-0.25, -0.2) is 4.98 Å². The number of carbonyl (C=O) groups is 2. The Hall–Kier alpha value is -4.05. The number of ether oxygens (including phenoxy) is 1. The first kappa shape index (κ1) is 25.1. The van der Waals surface area contributed by atoms with Crippen LogP contribution in [0.5, 0.6) is 5.75 Å². The van der Waals surface area contributed by atoms with Gasteiger partial charge in [-0.15, -0.1) is 11.3 Å². The lowest BCUT2D eigenvalue weighted by Crippen LogP contribution is -2.34. The van der Waals surface area contributed by atoms with E-state index in [1.807, 2.05) is 12.1 Å². The van der Waals surface area contributed by atoms with Gasteiger partial charge in [0.25, 0.3) is 5.91 Å². The Morgan fingerprint density at radius 3 is 2.69 bits per heavy atom. The zero-order valence-electron chi connectivity index (χ0n) is 20.1. The fourth-order valence-electron chi connectivity index (χ4n) is 3.82. The second kappa shape index (κ2) is 10.7. The van der Waals surface area contributed by atoms with E-state index in [4.69, 9.17) is 4.74 Å². The topological polar surface area (TPSA) is 93.5 Å². The molecular weight excluding hydrogens is 483 g/mol. The third kappa shape index (κ3) is 5.44. The first-order chi connectivity index (χ1) is 17.3. The number of amides is 2. The van der Waals surface area contributed by atoms with Crippen LogP contribution in [0.2, 0.25) is 0 Å². The largest absolute Gasteiger partial charge is 0.497 e. The maximum atomic E-state index is 13.7. The number of thiophene rings is 1. The highest BCUT2D eigenvalue weighted by molar-refractivity contribution is 7.21. The highest BCUT2D eigenvalue weighted by Gasteiger charge is 2.22. The van der Waals surface area contributed by atoms with E-state index < -0.39 is 5.95 Å². The number of nitrogens with one attached hydrogen (secondary N) is 1. The summed E-state index contributed by atoms with van der Waals surface area (Å²) in [4.78, 5) is 43.2. The van der Waals surface area contributed by atoms with Crippen molar-refractivity contribution >= 4 is 33.2 Å². The Morgan fingerprint density at radius 1 is 1.19 bits per heavy atom. The lowest BCUT2D eigenvalue weighted by atomic mass is 10.1. The molecule has 10 heteroatoms. The molecule has 3 aromatic heterocycles. The molecule has 1 aromatic carbocycles. The van der Waals surface area contributed by atoms with E-state index in [0.717, 1.165) is 21.2 Å². The summed E-state index contributed by atoms with van der Waals surface area (Å²) in [5, 5.41) is 3.36. The summed E-state index contributed by atoms with van der Waals surface area (Å²) < 4.78 is 21.5. The third-order valence-corrected chi connectivity index (χ3v) is 6.91. The van der Waals surface area contributed by atoms with Crippen molar-refractivity contribution in [2.24, 2.45) is 7.05 Å². The quantitative estimate of drug-likeness (QED) is 0.367. The number of methoxy groups -OCH3 is 1. The molecule has 36 heavy (non-hydrogen) atoms. The highest BCUT2D eigenvalue weighted by Crippen LogP contribution is 2.38. The van der Waals surface area contributed by atoms with Gasteiger partial charge in [-0.05, 0) is 47.3 Å². The number of hydrogen-bond acceptors (Lipinski definition) is 6. The highest BCUT2D eigenvalue weighted by atomic mass is 32.1. The SMILES string of the molecule is CNC(=O)CCN(Cc1cccc(F)n1)C(=O)c1cc2cc(OC)cc(-c3ccc(=O)n(C)c3)c2s1. The summed E-state index contributed by atoms with van der Waals surface area (Å²) in [6.07, 6.45) is 1.84. The number of aromatic nitrogens is 2. The number of fused-ring (bicyclic) bond motifs is 1. The Morgan fingerprint density at radius 2 is 2.00 bits per heavy atom. The molecule has 8 nitrogen and oxygen atoms in total. The fraction of sp³-hybridized carbons (Fsp3) is 0.231. The molecule has 4 rings (SSSR count). The number of pyridine rings is 2. The van der Waals surface area contributed by atoms with E-state index in [1.165, 1.54) is 46.1 Å². The summed E-state index contributed by atoms with van der Waals surface area (Å²) in [6.45, 7) is 0.195. The van der Waals surface area contributed by atoms with Crippen molar-refractivity contribution in [3.05, 3.63) is 81.6 Å². The number of aryl methyl sites for hydroxylation is 1. The molecule has 2 amide bonds. The van der Waals surface area contributed by atoms with Crippen molar-refractivity contribution in [2.75, 3.05) is 20.7 Å². The second-order valence-electron chi connectivity index (χ2n) is 8.17. The van der Waals surface area contributed by atoms with E-state index in [1.54, 1.807) is 38.6 Å². The van der Waals surface area contributed by atoms with E-state index in [-0.39, 0.29) is 36.9 Å². The molecule has 3 heterocycles. The predicted molar refractivity (Wildman–Crippen MR) is 137 cm³/mol. The smallest absolute Gasteiger partial charge is 0.264 e. The molecule has 0 aliphatic heterocycles. The first-order valence-corrected chi connectivity index (χ1v) is 12.0. The molecular formula is C26H25FN4O4S. The van der Waals surface area contributed by atoms with Crippen LogP contribution in [0.1, 0.15) is 21.8 Å². The average Bonchev–Trinajstić information content (AvgIpc) is 3.31. The molecule has 4 aromatic rings. The van der Waals surface area contributed by atoms with Gasteiger partial charge in [-0.3, -0.25) is 14.4 Å². The fourth-order valence-corrected chi connectivity index (χ4v) is 4.96. The lowest BCUT2D eigenvalue weighted by Gasteiger charge is -2.21. The summed E-state index contributed by atoms with van der Waals surface area (Å²) >= 11 is 1.31. The summed E-state index contributed by atoms with van der Waals surface area (Å²) in [7, 11) is 4.77. The Labute approximate surface area is 211 Å².